The Kier molecular flexibility index (Phi) is 3.61. The lowest BCUT2D eigenvalue weighted by atomic mass is 10.1. The van der Waals surface area contributed by atoms with Crippen LogP contribution in [0.25, 0.3) is 0 Å². The molecule has 3 heteroatoms. The van der Waals surface area contributed by atoms with E-state index in [1.807, 2.05) is 31.2 Å². The van der Waals surface area contributed by atoms with E-state index in [2.05, 4.69) is 23.1 Å². The van der Waals surface area contributed by atoms with Gasteiger partial charge in [0.1, 0.15) is 12.4 Å². The minimum absolute atomic E-state index is 0.0953. The van der Waals surface area contributed by atoms with Crippen LogP contribution in [0.1, 0.15) is 16.7 Å². The van der Waals surface area contributed by atoms with E-state index < -0.39 is 0 Å². The Morgan fingerprint density at radius 2 is 2.05 bits per heavy atom. The lowest BCUT2D eigenvalue weighted by Gasteiger charge is -2.23. The van der Waals surface area contributed by atoms with Crippen LogP contribution in [0.3, 0.4) is 0 Å². The summed E-state index contributed by atoms with van der Waals surface area (Å²) in [6.45, 7) is 4.55. The Balaban J connectivity index is 1.89. The summed E-state index contributed by atoms with van der Waals surface area (Å²) < 4.78 is 5.79. The Hall–Kier alpha value is -2.00. The zero-order chi connectivity index (χ0) is 13.9. The molecule has 0 amide bonds. The van der Waals surface area contributed by atoms with Crippen LogP contribution in [0.2, 0.25) is 0 Å². The zero-order valence-electron chi connectivity index (χ0n) is 11.7. The number of aliphatic hydroxyl groups is 1. The molecule has 0 fully saturated rings. The number of nitrogens with zero attached hydrogens (tertiary/aromatic N) is 1. The maximum atomic E-state index is 9.26. The summed E-state index contributed by atoms with van der Waals surface area (Å²) in [5, 5.41) is 9.26. The molecule has 0 atom stereocenters. The lowest BCUT2D eigenvalue weighted by molar-refractivity contribution is 0.281. The van der Waals surface area contributed by atoms with Gasteiger partial charge in [-0.3, -0.25) is 0 Å². The van der Waals surface area contributed by atoms with Crippen molar-refractivity contribution in [3.05, 3.63) is 59.2 Å². The Morgan fingerprint density at radius 1 is 1.20 bits per heavy atom. The highest BCUT2D eigenvalue weighted by Gasteiger charge is 2.15. The summed E-state index contributed by atoms with van der Waals surface area (Å²) in [7, 11) is 0. The predicted octanol–water partition coefficient (Wildman–Crippen LogP) is 2.89. The monoisotopic (exact) mass is 269 g/mol. The molecular weight excluding hydrogens is 250 g/mol. The number of aliphatic hydroxyl groups excluding tert-OH is 1. The second kappa shape index (κ2) is 5.55. The highest BCUT2D eigenvalue weighted by molar-refractivity contribution is 5.52. The van der Waals surface area contributed by atoms with Crippen molar-refractivity contribution in [2.45, 2.75) is 20.1 Å². The van der Waals surface area contributed by atoms with Crippen molar-refractivity contribution in [3.8, 4) is 5.75 Å². The van der Waals surface area contributed by atoms with Crippen LogP contribution in [0, 0.1) is 6.92 Å². The molecule has 1 heterocycles. The minimum atomic E-state index is 0.0953. The normalized spacial score (nSPS) is 14.4. The van der Waals surface area contributed by atoms with Crippen molar-refractivity contribution < 1.29 is 9.84 Å². The quantitative estimate of drug-likeness (QED) is 0.910. The number of aryl methyl sites for hydroxylation is 1. The first-order valence-corrected chi connectivity index (χ1v) is 6.94. The Labute approximate surface area is 119 Å². The van der Waals surface area contributed by atoms with Gasteiger partial charge in [0.25, 0.3) is 0 Å². The van der Waals surface area contributed by atoms with Gasteiger partial charge in [0.05, 0.1) is 13.2 Å². The van der Waals surface area contributed by atoms with Crippen LogP contribution in [-0.2, 0) is 13.2 Å². The Morgan fingerprint density at radius 3 is 2.85 bits per heavy atom. The number of fused-ring (bicyclic) bond motifs is 1. The molecule has 0 saturated heterocycles. The molecule has 0 spiro atoms. The van der Waals surface area contributed by atoms with Crippen LogP contribution in [0.15, 0.2) is 42.5 Å². The van der Waals surface area contributed by atoms with Crippen LogP contribution in [-0.4, -0.2) is 18.3 Å². The molecule has 0 bridgehead atoms. The summed E-state index contributed by atoms with van der Waals surface area (Å²) in [5.41, 5.74) is 4.51. The van der Waals surface area contributed by atoms with Gasteiger partial charge in [-0.15, -0.1) is 0 Å². The average molecular weight is 269 g/mol. The van der Waals surface area contributed by atoms with Crippen molar-refractivity contribution in [1.82, 2.24) is 0 Å². The van der Waals surface area contributed by atoms with Crippen molar-refractivity contribution >= 4 is 5.69 Å². The third-order valence-corrected chi connectivity index (χ3v) is 3.81. The van der Waals surface area contributed by atoms with E-state index in [0.717, 1.165) is 30.0 Å². The van der Waals surface area contributed by atoms with Crippen LogP contribution >= 0.6 is 0 Å². The molecule has 1 aliphatic rings. The van der Waals surface area contributed by atoms with Gasteiger partial charge in [0.15, 0.2) is 0 Å². The van der Waals surface area contributed by atoms with Crippen LogP contribution in [0.4, 0.5) is 5.69 Å². The molecular formula is C17H19NO2. The second-order valence-corrected chi connectivity index (χ2v) is 5.15. The van der Waals surface area contributed by atoms with Crippen molar-refractivity contribution in [3.63, 3.8) is 0 Å². The van der Waals surface area contributed by atoms with E-state index in [1.165, 1.54) is 11.3 Å². The van der Waals surface area contributed by atoms with E-state index >= 15 is 0 Å². The third-order valence-electron chi connectivity index (χ3n) is 3.81. The molecule has 104 valence electrons. The number of para-hydroxylation sites is 1. The number of anilines is 1. The largest absolute Gasteiger partial charge is 0.491 e. The molecule has 0 aliphatic carbocycles. The van der Waals surface area contributed by atoms with Gasteiger partial charge < -0.3 is 14.7 Å². The molecule has 0 radical (unpaired) electrons. The van der Waals surface area contributed by atoms with Gasteiger partial charge in [-0.25, -0.2) is 0 Å². The molecule has 0 unspecified atom stereocenters. The fourth-order valence-electron chi connectivity index (χ4n) is 2.60. The average Bonchev–Trinajstić information content (AvgIpc) is 2.69. The molecule has 20 heavy (non-hydrogen) atoms. The number of rotatable bonds is 2. The molecule has 1 aliphatic heterocycles. The maximum absolute atomic E-state index is 9.26. The second-order valence-electron chi connectivity index (χ2n) is 5.15. The van der Waals surface area contributed by atoms with Crippen molar-refractivity contribution in [2.75, 3.05) is 18.1 Å². The number of hydrogen-bond acceptors (Lipinski definition) is 3. The van der Waals surface area contributed by atoms with Gasteiger partial charge in [-0.1, -0.05) is 24.3 Å². The topological polar surface area (TPSA) is 32.7 Å². The molecule has 3 nitrogen and oxygen atoms in total. The van der Waals surface area contributed by atoms with Crippen LogP contribution in [0.5, 0.6) is 5.75 Å². The van der Waals surface area contributed by atoms with E-state index in [-0.39, 0.29) is 6.61 Å². The highest BCUT2D eigenvalue weighted by Crippen LogP contribution is 2.27. The highest BCUT2D eigenvalue weighted by atomic mass is 16.5. The standard InChI is InChI=1S/C17H19NO2/c1-13-10-16(7-6-15(13)12-19)18-8-9-20-17-5-3-2-4-14(17)11-18/h2-7,10,19H,8-9,11-12H2,1H3. The minimum Gasteiger partial charge on any atom is -0.491 e. The van der Waals surface area contributed by atoms with Gasteiger partial charge in [-0.2, -0.15) is 0 Å². The number of benzene rings is 2. The van der Waals surface area contributed by atoms with E-state index in [1.54, 1.807) is 0 Å². The Bertz CT molecular complexity index is 610. The summed E-state index contributed by atoms with van der Waals surface area (Å²) in [6.07, 6.45) is 0. The van der Waals surface area contributed by atoms with Gasteiger partial charge >= 0.3 is 0 Å². The van der Waals surface area contributed by atoms with E-state index in [4.69, 9.17) is 4.74 Å². The fraction of sp³-hybridized carbons (Fsp3) is 0.294. The van der Waals surface area contributed by atoms with Gasteiger partial charge in [0.2, 0.25) is 0 Å². The molecule has 0 aromatic heterocycles. The van der Waals surface area contributed by atoms with Gasteiger partial charge in [0, 0.05) is 17.8 Å². The molecule has 0 saturated carbocycles. The van der Waals surface area contributed by atoms with Gasteiger partial charge in [-0.05, 0) is 36.2 Å². The SMILES string of the molecule is Cc1cc(N2CCOc3ccccc3C2)ccc1CO. The number of ether oxygens (including phenoxy) is 1. The van der Waals surface area contributed by atoms with Crippen molar-refractivity contribution in [2.24, 2.45) is 0 Å². The molecule has 2 aromatic carbocycles. The maximum Gasteiger partial charge on any atom is 0.124 e. The van der Waals surface area contributed by atoms with Crippen molar-refractivity contribution in [1.29, 1.82) is 0 Å². The smallest absolute Gasteiger partial charge is 0.124 e. The molecule has 2 aromatic rings. The first-order chi connectivity index (χ1) is 9.78. The summed E-state index contributed by atoms with van der Waals surface area (Å²) >= 11 is 0. The zero-order valence-corrected chi connectivity index (χ0v) is 11.7. The first kappa shape index (κ1) is 13.0. The third kappa shape index (κ3) is 2.49. The summed E-state index contributed by atoms with van der Waals surface area (Å²) in [6, 6.07) is 14.4. The van der Waals surface area contributed by atoms with E-state index in [0.29, 0.717) is 6.61 Å². The molecule has 1 N–H and O–H groups in total. The predicted molar refractivity (Wildman–Crippen MR) is 80.1 cm³/mol. The first-order valence-electron chi connectivity index (χ1n) is 6.94. The number of hydrogen-bond donors (Lipinski definition) is 1. The van der Waals surface area contributed by atoms with Crippen LogP contribution < -0.4 is 9.64 Å². The molecule has 3 rings (SSSR count). The van der Waals surface area contributed by atoms with E-state index in [9.17, 15) is 5.11 Å². The lowest BCUT2D eigenvalue weighted by Crippen LogP contribution is -2.25. The summed E-state index contributed by atoms with van der Waals surface area (Å²) in [5.74, 6) is 0.985. The summed E-state index contributed by atoms with van der Waals surface area (Å²) in [4.78, 5) is 2.32. The fourth-order valence-corrected chi connectivity index (χ4v) is 2.60.